The van der Waals surface area contributed by atoms with Crippen LogP contribution in [0.3, 0.4) is 0 Å². The van der Waals surface area contributed by atoms with Gasteiger partial charge in [-0.3, -0.25) is 4.79 Å². The van der Waals surface area contributed by atoms with Crippen LogP contribution in [0.4, 0.5) is 0 Å². The quantitative estimate of drug-likeness (QED) is 0.105. The van der Waals surface area contributed by atoms with Crippen LogP contribution < -0.4 is 17.1 Å². The van der Waals surface area contributed by atoms with Crippen LogP contribution in [0, 0.1) is 0 Å². The number of fused-ring (bicyclic) bond motifs is 6. The molecule has 3 heterocycles. The second kappa shape index (κ2) is 9.99. The number of carbonyl (C=O) groups excluding carboxylic acids is 1. The molecule has 6 N–H and O–H groups in total. The van der Waals surface area contributed by atoms with Crippen molar-refractivity contribution in [2.75, 3.05) is 7.11 Å². The number of nitrogens with zero attached hydrogens (tertiary/aromatic N) is 3. The zero-order valence-corrected chi connectivity index (χ0v) is 21.1. The summed E-state index contributed by atoms with van der Waals surface area (Å²) in [6.45, 7) is 1.95. The highest BCUT2D eigenvalue weighted by Gasteiger charge is 2.30. The van der Waals surface area contributed by atoms with Gasteiger partial charge in [-0.05, 0) is 35.4 Å². The lowest BCUT2D eigenvalue weighted by Gasteiger charge is -2.20. The van der Waals surface area contributed by atoms with Crippen molar-refractivity contribution in [3.05, 3.63) is 87.0 Å². The molecular weight excluding hydrogens is 486 g/mol. The molecule has 0 saturated heterocycles. The normalized spacial score (nSPS) is 14.4. The van der Waals surface area contributed by atoms with E-state index in [-0.39, 0.29) is 42.1 Å². The number of pyridine rings is 2. The highest BCUT2D eigenvalue weighted by Crippen LogP contribution is 2.39. The minimum absolute atomic E-state index is 0.0530. The fourth-order valence-electron chi connectivity index (χ4n) is 5.08. The van der Waals surface area contributed by atoms with E-state index in [0.29, 0.717) is 23.2 Å². The molecule has 4 aromatic rings. The first-order valence-electron chi connectivity index (χ1n) is 12.1. The van der Waals surface area contributed by atoms with E-state index in [2.05, 4.69) is 0 Å². The molecule has 2 aromatic heterocycles. The number of hydrogen-bond donors (Lipinski definition) is 4. The topological polar surface area (TPSA) is 157 Å². The fourth-order valence-corrected chi connectivity index (χ4v) is 5.08. The Hall–Kier alpha value is -4.09. The lowest BCUT2D eigenvalue weighted by molar-refractivity contribution is -0.115. The van der Waals surface area contributed by atoms with Gasteiger partial charge in [-0.1, -0.05) is 30.3 Å². The summed E-state index contributed by atoms with van der Waals surface area (Å²) in [6.07, 6.45) is -0.471. The second-order valence-corrected chi connectivity index (χ2v) is 9.44. The van der Waals surface area contributed by atoms with Crippen molar-refractivity contribution in [1.29, 1.82) is 0 Å². The molecule has 0 saturated carbocycles. The molecule has 1 aliphatic heterocycles. The van der Waals surface area contributed by atoms with Crippen molar-refractivity contribution in [1.82, 2.24) is 14.6 Å². The molecule has 0 fully saturated rings. The van der Waals surface area contributed by atoms with Crippen LogP contribution >= 0.6 is 0 Å². The highest BCUT2D eigenvalue weighted by molar-refractivity contribution is 6.09. The third-order valence-corrected chi connectivity index (χ3v) is 6.96. The number of methoxy groups -OCH3 is 1. The van der Waals surface area contributed by atoms with Crippen molar-refractivity contribution < 1.29 is 19.7 Å². The van der Waals surface area contributed by atoms with Crippen molar-refractivity contribution in [2.45, 2.75) is 38.8 Å². The maximum absolute atomic E-state index is 13.6. The molecule has 196 valence electrons. The minimum atomic E-state index is -1.47. The number of benzene rings is 2. The van der Waals surface area contributed by atoms with Crippen LogP contribution in [0.2, 0.25) is 0 Å². The molecule has 38 heavy (non-hydrogen) atoms. The van der Waals surface area contributed by atoms with Gasteiger partial charge in [0, 0.05) is 35.4 Å². The van der Waals surface area contributed by atoms with Crippen molar-refractivity contribution in [2.24, 2.45) is 11.6 Å². The number of nitrogens with two attached hydrogens (primary N) is 2. The first-order valence-corrected chi connectivity index (χ1v) is 12.1. The largest absolute Gasteiger partial charge is 0.399 e. The van der Waals surface area contributed by atoms with Gasteiger partial charge in [0.05, 0.1) is 48.4 Å². The van der Waals surface area contributed by atoms with E-state index in [9.17, 15) is 19.8 Å². The average molecular weight is 516 g/mol. The number of aliphatic hydroxyl groups is 2. The molecule has 5 rings (SSSR count). The lowest BCUT2D eigenvalue weighted by atomic mass is 9.95. The second-order valence-electron chi connectivity index (χ2n) is 9.44. The number of aromatic nitrogens is 2. The van der Waals surface area contributed by atoms with Crippen LogP contribution in [-0.4, -0.2) is 44.3 Å². The number of aldehydes is 1. The zero-order chi connectivity index (χ0) is 27.1. The summed E-state index contributed by atoms with van der Waals surface area (Å²) >= 11 is 0. The molecular formula is C28H29N5O5. The van der Waals surface area contributed by atoms with Gasteiger partial charge in [0.25, 0.3) is 5.56 Å². The van der Waals surface area contributed by atoms with Crippen molar-refractivity contribution >= 4 is 28.0 Å². The smallest absolute Gasteiger partial charge is 0.257 e. The third-order valence-electron chi connectivity index (χ3n) is 6.96. The Labute approximate surface area is 218 Å². The Morgan fingerprint density at radius 3 is 2.71 bits per heavy atom. The van der Waals surface area contributed by atoms with Crippen LogP contribution in [0.1, 0.15) is 35.3 Å². The molecule has 0 aliphatic carbocycles. The summed E-state index contributed by atoms with van der Waals surface area (Å²) in [5.74, 6) is 6.34. The molecule has 0 amide bonds. The molecule has 2 aromatic carbocycles. The monoisotopic (exact) mass is 515 g/mol. The van der Waals surface area contributed by atoms with Crippen LogP contribution in [0.25, 0.3) is 33.1 Å². The van der Waals surface area contributed by atoms with Gasteiger partial charge >= 0.3 is 0 Å². The first kappa shape index (κ1) is 25.6. The maximum Gasteiger partial charge on any atom is 0.257 e. The Bertz CT molecular complexity index is 1660. The molecule has 1 aliphatic rings. The van der Waals surface area contributed by atoms with Crippen LogP contribution in [-0.2, 0) is 29.2 Å². The Morgan fingerprint density at radius 1 is 1.24 bits per heavy atom. The standard InChI is InChI=1S/C28H29N5O5/c1-15(35)22(29)12-32(30)10-19-20-11-33-24(9-18(25(36)13-34)21(14-38-2)28(33)37)27(20)31-23-8-7-16-5-3-4-6-17(16)26(19)23/h3-9,12-13,15,25,35-36H,10-11,14,29-30H2,1-2H3/b22-12-. The predicted octanol–water partition coefficient (Wildman–Crippen LogP) is 1.81. The number of rotatable bonds is 8. The van der Waals surface area contributed by atoms with E-state index >= 15 is 0 Å². The SMILES string of the molecule is COCc1c(C(O)C=O)cc2n(c1=O)Cc1c-2nc2ccc3ccccc3c2c1CN(N)/C=C(\N)C(C)O. The van der Waals surface area contributed by atoms with Crippen LogP contribution in [0.15, 0.2) is 59.2 Å². The van der Waals surface area contributed by atoms with E-state index < -0.39 is 12.2 Å². The number of hydrazine groups is 1. The van der Waals surface area contributed by atoms with Gasteiger partial charge in [-0.25, -0.2) is 10.8 Å². The van der Waals surface area contributed by atoms with Crippen molar-refractivity contribution in [3.63, 3.8) is 0 Å². The molecule has 10 nitrogen and oxygen atoms in total. The zero-order valence-electron chi connectivity index (χ0n) is 21.1. The maximum atomic E-state index is 13.6. The fraction of sp³-hybridized carbons (Fsp3) is 0.250. The van der Waals surface area contributed by atoms with Gasteiger partial charge < -0.3 is 35.1 Å². The number of aliphatic hydroxyl groups excluding tert-OH is 2. The molecule has 0 spiro atoms. The van der Waals surface area contributed by atoms with Crippen LogP contribution in [0.5, 0.6) is 0 Å². The van der Waals surface area contributed by atoms with E-state index in [4.69, 9.17) is 21.3 Å². The van der Waals surface area contributed by atoms with E-state index in [1.165, 1.54) is 18.3 Å². The van der Waals surface area contributed by atoms with Gasteiger partial charge in [0.2, 0.25) is 0 Å². The Kier molecular flexibility index (Phi) is 6.72. The number of ether oxygens (including phenoxy) is 1. The molecule has 2 unspecified atom stereocenters. The minimum Gasteiger partial charge on any atom is -0.399 e. The molecule has 10 heteroatoms. The van der Waals surface area contributed by atoms with E-state index in [0.717, 1.165) is 27.3 Å². The van der Waals surface area contributed by atoms with E-state index in [1.54, 1.807) is 17.6 Å². The molecule has 2 atom stereocenters. The van der Waals surface area contributed by atoms with Gasteiger partial charge in [0.15, 0.2) is 6.29 Å². The van der Waals surface area contributed by atoms with Gasteiger partial charge in [-0.15, -0.1) is 0 Å². The number of carbonyl (C=O) groups is 1. The Morgan fingerprint density at radius 2 is 2.00 bits per heavy atom. The summed E-state index contributed by atoms with van der Waals surface area (Å²) in [4.78, 5) is 30.0. The van der Waals surface area contributed by atoms with Gasteiger partial charge in [0.1, 0.15) is 6.10 Å². The molecule has 0 radical (unpaired) electrons. The third kappa shape index (κ3) is 4.23. The summed E-state index contributed by atoms with van der Waals surface area (Å²) < 4.78 is 6.79. The summed E-state index contributed by atoms with van der Waals surface area (Å²) in [5, 5.41) is 24.5. The predicted molar refractivity (Wildman–Crippen MR) is 143 cm³/mol. The number of hydrogen-bond acceptors (Lipinski definition) is 9. The lowest BCUT2D eigenvalue weighted by Crippen LogP contribution is -2.29. The van der Waals surface area contributed by atoms with E-state index in [1.807, 2.05) is 36.4 Å². The van der Waals surface area contributed by atoms with Crippen molar-refractivity contribution in [3.8, 4) is 11.4 Å². The Balaban J connectivity index is 1.80. The summed E-state index contributed by atoms with van der Waals surface area (Å²) in [5.41, 5.74) is 9.64. The molecule has 0 bridgehead atoms. The highest BCUT2D eigenvalue weighted by atomic mass is 16.5. The average Bonchev–Trinajstić information content (AvgIpc) is 3.28. The first-order chi connectivity index (χ1) is 18.2. The van der Waals surface area contributed by atoms with Gasteiger partial charge in [-0.2, -0.15) is 0 Å². The summed E-state index contributed by atoms with van der Waals surface area (Å²) in [7, 11) is 1.45. The summed E-state index contributed by atoms with van der Waals surface area (Å²) in [6, 6.07) is 13.5.